The van der Waals surface area contributed by atoms with Gasteiger partial charge in [0.15, 0.2) is 11.5 Å². The zero-order chi connectivity index (χ0) is 22.6. The molecule has 8 nitrogen and oxygen atoms in total. The van der Waals surface area contributed by atoms with Crippen LogP contribution in [0.5, 0.6) is 11.5 Å². The summed E-state index contributed by atoms with van der Waals surface area (Å²) in [5.41, 5.74) is 2.49. The molecule has 0 amide bonds. The molecule has 1 fully saturated rings. The molecule has 31 heavy (non-hydrogen) atoms. The molecule has 3 heterocycles. The van der Waals surface area contributed by atoms with Gasteiger partial charge in [0, 0.05) is 39.5 Å². The van der Waals surface area contributed by atoms with Crippen LogP contribution in [0.3, 0.4) is 0 Å². The molecule has 1 aromatic heterocycles. The Morgan fingerprint density at radius 2 is 2.00 bits per heavy atom. The van der Waals surface area contributed by atoms with E-state index in [9.17, 15) is 13.2 Å². The van der Waals surface area contributed by atoms with Gasteiger partial charge >= 0.3 is 12.1 Å². The van der Waals surface area contributed by atoms with Crippen molar-refractivity contribution in [3.05, 3.63) is 41.7 Å². The van der Waals surface area contributed by atoms with Gasteiger partial charge in [-0.2, -0.15) is 18.3 Å². The van der Waals surface area contributed by atoms with E-state index in [1.807, 2.05) is 31.1 Å². The fourth-order valence-electron chi connectivity index (χ4n) is 3.71. The number of hydrogen-bond acceptors (Lipinski definition) is 6. The highest BCUT2D eigenvalue weighted by Gasteiger charge is 2.38. The number of aryl methyl sites for hydroxylation is 1. The largest absolute Gasteiger partial charge is 0.490 e. The number of ether oxygens (including phenoxy) is 3. The number of carboxylic acids is 1. The molecule has 0 unspecified atom stereocenters. The first-order valence-electron chi connectivity index (χ1n) is 9.60. The number of benzene rings is 1. The van der Waals surface area contributed by atoms with Gasteiger partial charge in [0.1, 0.15) is 0 Å². The van der Waals surface area contributed by atoms with Gasteiger partial charge in [0.2, 0.25) is 6.79 Å². The number of carboxylic acid groups (broad SMARTS) is 1. The summed E-state index contributed by atoms with van der Waals surface area (Å²) in [6, 6.07) is 6.57. The van der Waals surface area contributed by atoms with Crippen molar-refractivity contribution in [2.45, 2.75) is 37.7 Å². The molecule has 0 saturated carbocycles. The van der Waals surface area contributed by atoms with E-state index in [1.54, 1.807) is 0 Å². The van der Waals surface area contributed by atoms with Crippen LogP contribution < -0.4 is 9.47 Å². The van der Waals surface area contributed by atoms with Crippen molar-refractivity contribution in [3.8, 4) is 11.5 Å². The van der Waals surface area contributed by atoms with Gasteiger partial charge in [0.05, 0.1) is 12.3 Å². The van der Waals surface area contributed by atoms with E-state index < -0.39 is 12.1 Å². The zero-order valence-corrected chi connectivity index (χ0v) is 17.1. The summed E-state index contributed by atoms with van der Waals surface area (Å²) in [5.74, 6) is -1.08. The smallest absolute Gasteiger partial charge is 0.475 e. The average molecular weight is 443 g/mol. The highest BCUT2D eigenvalue weighted by Crippen LogP contribution is 2.34. The molecule has 2 aliphatic heterocycles. The van der Waals surface area contributed by atoms with Gasteiger partial charge in [-0.15, -0.1) is 0 Å². The Morgan fingerprint density at radius 1 is 1.29 bits per heavy atom. The molecule has 4 rings (SSSR count). The minimum atomic E-state index is -5.08. The molecule has 1 aromatic carbocycles. The maximum Gasteiger partial charge on any atom is 0.490 e. The molecule has 170 valence electrons. The SMILES string of the molecule is CO[C@H]1CCN(Cc2ccc3c(c2)OCO3)[C@H]1Cc1cnn(C)c1.O=C(O)C(F)(F)F. The predicted octanol–water partition coefficient (Wildman–Crippen LogP) is 2.61. The topological polar surface area (TPSA) is 86.1 Å². The first kappa shape index (κ1) is 22.9. The van der Waals surface area contributed by atoms with Crippen molar-refractivity contribution in [3.63, 3.8) is 0 Å². The third kappa shape index (κ3) is 5.88. The summed E-state index contributed by atoms with van der Waals surface area (Å²) in [4.78, 5) is 11.4. The quantitative estimate of drug-likeness (QED) is 0.760. The lowest BCUT2D eigenvalue weighted by Gasteiger charge is -2.27. The first-order chi connectivity index (χ1) is 14.7. The van der Waals surface area contributed by atoms with E-state index in [4.69, 9.17) is 24.1 Å². The molecular formula is C20H24F3N3O5. The number of likely N-dealkylation sites (tertiary alicyclic amines) is 1. The maximum atomic E-state index is 10.6. The Kier molecular flexibility index (Phi) is 7.06. The Labute approximate surface area is 177 Å². The van der Waals surface area contributed by atoms with Crippen molar-refractivity contribution in [2.24, 2.45) is 7.05 Å². The number of aliphatic carboxylic acids is 1. The second-order valence-electron chi connectivity index (χ2n) is 7.32. The number of nitrogens with zero attached hydrogens (tertiary/aromatic N) is 3. The number of alkyl halides is 3. The minimum Gasteiger partial charge on any atom is -0.475 e. The summed E-state index contributed by atoms with van der Waals surface area (Å²) in [7, 11) is 3.77. The maximum absolute atomic E-state index is 10.6. The summed E-state index contributed by atoms with van der Waals surface area (Å²) in [6.07, 6.45) is 1.23. The molecule has 1 N–H and O–H groups in total. The van der Waals surface area contributed by atoms with Crippen molar-refractivity contribution in [2.75, 3.05) is 20.4 Å². The van der Waals surface area contributed by atoms with E-state index >= 15 is 0 Å². The number of hydrogen-bond donors (Lipinski definition) is 1. The van der Waals surface area contributed by atoms with Crippen LogP contribution in [0.15, 0.2) is 30.6 Å². The molecule has 0 spiro atoms. The summed E-state index contributed by atoms with van der Waals surface area (Å²) in [6.45, 7) is 2.25. The molecule has 0 radical (unpaired) electrons. The number of rotatable bonds is 5. The van der Waals surface area contributed by atoms with Gasteiger partial charge in [-0.05, 0) is 36.1 Å². The summed E-state index contributed by atoms with van der Waals surface area (Å²) >= 11 is 0. The highest BCUT2D eigenvalue weighted by atomic mass is 19.4. The molecule has 1 saturated heterocycles. The normalized spacial score (nSPS) is 20.4. The van der Waals surface area contributed by atoms with Crippen LogP contribution in [0.2, 0.25) is 0 Å². The van der Waals surface area contributed by atoms with Crippen molar-refractivity contribution in [1.29, 1.82) is 0 Å². The number of carbonyl (C=O) groups is 1. The van der Waals surface area contributed by atoms with E-state index in [2.05, 4.69) is 28.3 Å². The van der Waals surface area contributed by atoms with Gasteiger partial charge in [-0.3, -0.25) is 9.58 Å². The summed E-state index contributed by atoms with van der Waals surface area (Å²) < 4.78 is 50.2. The fourth-order valence-corrected chi connectivity index (χ4v) is 3.71. The fraction of sp³-hybridized carbons (Fsp3) is 0.500. The Hall–Kier alpha value is -2.79. The number of fused-ring (bicyclic) bond motifs is 1. The predicted molar refractivity (Wildman–Crippen MR) is 103 cm³/mol. The average Bonchev–Trinajstić information content (AvgIpc) is 3.42. The molecule has 11 heteroatoms. The summed E-state index contributed by atoms with van der Waals surface area (Å²) in [5, 5.41) is 11.4. The van der Waals surface area contributed by atoms with Gasteiger partial charge in [0.25, 0.3) is 0 Å². The van der Waals surface area contributed by atoms with Crippen LogP contribution in [0.1, 0.15) is 17.5 Å². The van der Waals surface area contributed by atoms with Crippen molar-refractivity contribution in [1.82, 2.24) is 14.7 Å². The van der Waals surface area contributed by atoms with E-state index in [-0.39, 0.29) is 6.10 Å². The molecule has 0 bridgehead atoms. The minimum absolute atomic E-state index is 0.263. The number of halogens is 3. The lowest BCUT2D eigenvalue weighted by atomic mass is 10.0. The molecule has 2 aromatic rings. The van der Waals surface area contributed by atoms with Crippen LogP contribution in [0.25, 0.3) is 0 Å². The van der Waals surface area contributed by atoms with Crippen LogP contribution in [-0.4, -0.2) is 64.5 Å². The second-order valence-corrected chi connectivity index (χ2v) is 7.32. The van der Waals surface area contributed by atoms with Gasteiger partial charge in [-0.25, -0.2) is 4.79 Å². The van der Waals surface area contributed by atoms with Gasteiger partial charge in [-0.1, -0.05) is 6.07 Å². The standard InChI is InChI=1S/C18H23N3O3.C2HF3O2/c1-20-10-14(9-19-20)7-15-16(22-2)5-6-21(15)11-13-3-4-17-18(8-13)24-12-23-17;3-2(4,5)1(6)7/h3-4,8-10,15-16H,5-7,11-12H2,1-2H3;(H,6,7)/t15-,16-;/m0./s1. The Balaban J connectivity index is 0.000000339. The van der Waals surface area contributed by atoms with Crippen molar-refractivity contribution >= 4 is 5.97 Å². The zero-order valence-electron chi connectivity index (χ0n) is 17.1. The lowest BCUT2D eigenvalue weighted by Crippen LogP contribution is -2.37. The van der Waals surface area contributed by atoms with E-state index in [1.165, 1.54) is 11.1 Å². The number of methoxy groups -OCH3 is 1. The second kappa shape index (κ2) is 9.56. The number of aromatic nitrogens is 2. The molecule has 2 aliphatic rings. The Bertz CT molecular complexity index is 902. The monoisotopic (exact) mass is 443 g/mol. The molecular weight excluding hydrogens is 419 g/mol. The van der Waals surface area contributed by atoms with Crippen molar-refractivity contribution < 1.29 is 37.3 Å². The van der Waals surface area contributed by atoms with Crippen LogP contribution in [0.4, 0.5) is 13.2 Å². The molecule has 2 atom stereocenters. The van der Waals surface area contributed by atoms with E-state index in [0.717, 1.165) is 37.4 Å². The van der Waals surface area contributed by atoms with Crippen LogP contribution in [0, 0.1) is 0 Å². The van der Waals surface area contributed by atoms with Crippen LogP contribution in [-0.2, 0) is 29.5 Å². The van der Waals surface area contributed by atoms with Gasteiger partial charge < -0.3 is 19.3 Å². The Morgan fingerprint density at radius 3 is 2.61 bits per heavy atom. The molecule has 0 aliphatic carbocycles. The van der Waals surface area contributed by atoms with E-state index in [0.29, 0.717) is 12.8 Å². The third-order valence-corrected chi connectivity index (χ3v) is 5.17. The first-order valence-corrected chi connectivity index (χ1v) is 9.60. The lowest BCUT2D eigenvalue weighted by molar-refractivity contribution is -0.192. The third-order valence-electron chi connectivity index (χ3n) is 5.17. The van der Waals surface area contributed by atoms with Crippen LogP contribution >= 0.6 is 0 Å². The highest BCUT2D eigenvalue weighted by molar-refractivity contribution is 5.73.